The topological polar surface area (TPSA) is 43.1 Å². The molecule has 1 unspecified atom stereocenters. The second kappa shape index (κ2) is 13.2. The molecule has 1 atom stereocenters. The van der Waals surface area contributed by atoms with Crippen molar-refractivity contribution in [3.63, 3.8) is 0 Å². The fourth-order valence-corrected chi connectivity index (χ4v) is 2.96. The Balaban J connectivity index is 3.05. The van der Waals surface area contributed by atoms with Crippen molar-refractivity contribution in [1.29, 1.82) is 0 Å². The van der Waals surface area contributed by atoms with Crippen LogP contribution in [-0.4, -0.2) is 22.3 Å². The fraction of sp³-hybridized carbons (Fsp3) is 1.00. The average molecular weight is 247 g/mol. The van der Waals surface area contributed by atoms with Crippen LogP contribution in [0.4, 0.5) is 0 Å². The first-order valence-corrected chi connectivity index (χ1v) is 8.35. The van der Waals surface area contributed by atoms with Crippen molar-refractivity contribution in [2.45, 2.75) is 64.7 Å². The maximum atomic E-state index is 11.4. The molecule has 0 aromatic rings. The van der Waals surface area contributed by atoms with Crippen molar-refractivity contribution < 1.29 is 4.21 Å². The molecule has 0 aromatic heterocycles. The third kappa shape index (κ3) is 12.2. The SMILES string of the molecule is CCCCCCCCCCS(=O)CCCN. The first-order chi connectivity index (χ1) is 7.81. The lowest BCUT2D eigenvalue weighted by atomic mass is 10.1. The van der Waals surface area contributed by atoms with Crippen LogP contribution >= 0.6 is 0 Å². The molecular formula is C13H29NOS. The Hall–Kier alpha value is 0.110. The average Bonchev–Trinajstić information content (AvgIpc) is 2.30. The molecule has 0 amide bonds. The molecule has 0 aromatic carbocycles. The normalized spacial score (nSPS) is 12.9. The van der Waals surface area contributed by atoms with Crippen molar-refractivity contribution in [3.8, 4) is 0 Å². The third-order valence-electron chi connectivity index (χ3n) is 2.80. The molecule has 0 saturated heterocycles. The van der Waals surface area contributed by atoms with Gasteiger partial charge in [-0.15, -0.1) is 0 Å². The van der Waals surface area contributed by atoms with Crippen LogP contribution < -0.4 is 5.73 Å². The summed E-state index contributed by atoms with van der Waals surface area (Å²) < 4.78 is 11.4. The molecule has 0 aliphatic rings. The van der Waals surface area contributed by atoms with Crippen LogP contribution in [0.2, 0.25) is 0 Å². The zero-order valence-electron chi connectivity index (χ0n) is 10.9. The molecule has 0 radical (unpaired) electrons. The van der Waals surface area contributed by atoms with E-state index >= 15 is 0 Å². The summed E-state index contributed by atoms with van der Waals surface area (Å²) in [6, 6.07) is 0. The van der Waals surface area contributed by atoms with E-state index in [4.69, 9.17) is 5.73 Å². The highest BCUT2D eigenvalue weighted by atomic mass is 32.2. The minimum absolute atomic E-state index is 0.610. The van der Waals surface area contributed by atoms with E-state index in [1.807, 2.05) is 0 Å². The van der Waals surface area contributed by atoms with Crippen LogP contribution in [0, 0.1) is 0 Å². The molecule has 0 aliphatic carbocycles. The maximum Gasteiger partial charge on any atom is 0.0246 e. The summed E-state index contributed by atoms with van der Waals surface area (Å²) in [5.74, 6) is 1.68. The van der Waals surface area contributed by atoms with Gasteiger partial charge in [-0.05, 0) is 19.4 Å². The Morgan fingerprint density at radius 3 is 1.88 bits per heavy atom. The summed E-state index contributed by atoms with van der Waals surface area (Å²) in [7, 11) is -0.610. The molecule has 2 nitrogen and oxygen atoms in total. The number of hydrogen-bond acceptors (Lipinski definition) is 2. The minimum atomic E-state index is -0.610. The molecule has 16 heavy (non-hydrogen) atoms. The molecule has 0 spiro atoms. The van der Waals surface area contributed by atoms with Crippen LogP contribution in [0.25, 0.3) is 0 Å². The van der Waals surface area contributed by atoms with E-state index in [1.54, 1.807) is 0 Å². The number of nitrogens with two attached hydrogens (primary N) is 1. The monoisotopic (exact) mass is 247 g/mol. The highest BCUT2D eigenvalue weighted by molar-refractivity contribution is 7.84. The maximum absolute atomic E-state index is 11.4. The van der Waals surface area contributed by atoms with E-state index < -0.39 is 10.8 Å². The summed E-state index contributed by atoms with van der Waals surface area (Å²) in [6.45, 7) is 2.92. The number of unbranched alkanes of at least 4 members (excludes halogenated alkanes) is 7. The van der Waals surface area contributed by atoms with Crippen LogP contribution in [0.1, 0.15) is 64.7 Å². The van der Waals surface area contributed by atoms with Gasteiger partial charge in [0.05, 0.1) is 0 Å². The van der Waals surface area contributed by atoms with Crippen molar-refractivity contribution in [2.24, 2.45) is 5.73 Å². The van der Waals surface area contributed by atoms with Crippen molar-refractivity contribution in [3.05, 3.63) is 0 Å². The van der Waals surface area contributed by atoms with Gasteiger partial charge >= 0.3 is 0 Å². The quantitative estimate of drug-likeness (QED) is 0.538. The van der Waals surface area contributed by atoms with Gasteiger partial charge in [-0.1, -0.05) is 51.9 Å². The summed E-state index contributed by atoms with van der Waals surface area (Å²) in [4.78, 5) is 0. The Labute approximate surface area is 104 Å². The second-order valence-electron chi connectivity index (χ2n) is 4.47. The molecular weight excluding hydrogens is 218 g/mol. The summed E-state index contributed by atoms with van der Waals surface area (Å²) in [5, 5.41) is 0. The lowest BCUT2D eigenvalue weighted by molar-refractivity contribution is 0.584. The smallest absolute Gasteiger partial charge is 0.0246 e. The van der Waals surface area contributed by atoms with E-state index in [9.17, 15) is 4.21 Å². The predicted molar refractivity (Wildman–Crippen MR) is 74.2 cm³/mol. The van der Waals surface area contributed by atoms with Crippen LogP contribution in [0.3, 0.4) is 0 Å². The van der Waals surface area contributed by atoms with Gasteiger partial charge in [0, 0.05) is 22.3 Å². The van der Waals surface area contributed by atoms with Gasteiger partial charge in [0.15, 0.2) is 0 Å². The van der Waals surface area contributed by atoms with Crippen LogP contribution in [0.5, 0.6) is 0 Å². The van der Waals surface area contributed by atoms with E-state index in [0.717, 1.165) is 24.3 Å². The Bertz CT molecular complexity index is 162. The van der Waals surface area contributed by atoms with Gasteiger partial charge in [0.25, 0.3) is 0 Å². The first-order valence-electron chi connectivity index (χ1n) is 6.86. The van der Waals surface area contributed by atoms with Gasteiger partial charge in [-0.25, -0.2) is 0 Å². The van der Waals surface area contributed by atoms with E-state index in [0.29, 0.717) is 6.54 Å². The van der Waals surface area contributed by atoms with Crippen molar-refractivity contribution >= 4 is 10.8 Å². The van der Waals surface area contributed by atoms with Gasteiger partial charge < -0.3 is 5.73 Å². The highest BCUT2D eigenvalue weighted by Gasteiger charge is 1.98. The first kappa shape index (κ1) is 16.1. The predicted octanol–water partition coefficient (Wildman–Crippen LogP) is 3.22. The molecule has 2 N–H and O–H groups in total. The minimum Gasteiger partial charge on any atom is -0.330 e. The zero-order chi connectivity index (χ0) is 12.1. The van der Waals surface area contributed by atoms with Gasteiger partial charge in [-0.2, -0.15) is 0 Å². The van der Waals surface area contributed by atoms with Gasteiger partial charge in [-0.3, -0.25) is 4.21 Å². The van der Waals surface area contributed by atoms with Gasteiger partial charge in [0.1, 0.15) is 0 Å². The van der Waals surface area contributed by atoms with Gasteiger partial charge in [0.2, 0.25) is 0 Å². The lowest BCUT2D eigenvalue weighted by Gasteiger charge is -2.02. The van der Waals surface area contributed by atoms with Crippen LogP contribution in [-0.2, 0) is 10.8 Å². The fourth-order valence-electron chi connectivity index (χ4n) is 1.74. The Kier molecular flexibility index (Phi) is 13.3. The van der Waals surface area contributed by atoms with E-state index in [-0.39, 0.29) is 0 Å². The Morgan fingerprint density at radius 2 is 1.31 bits per heavy atom. The summed E-state index contributed by atoms with van der Waals surface area (Å²) in [6.07, 6.45) is 11.4. The van der Waals surface area contributed by atoms with Crippen molar-refractivity contribution in [2.75, 3.05) is 18.1 Å². The largest absolute Gasteiger partial charge is 0.330 e. The third-order valence-corrected chi connectivity index (χ3v) is 4.29. The highest BCUT2D eigenvalue weighted by Crippen LogP contribution is 2.08. The van der Waals surface area contributed by atoms with Crippen LogP contribution in [0.15, 0.2) is 0 Å². The number of rotatable bonds is 12. The second-order valence-corrected chi connectivity index (χ2v) is 6.16. The molecule has 0 heterocycles. The molecule has 0 bridgehead atoms. The lowest BCUT2D eigenvalue weighted by Crippen LogP contribution is -2.08. The summed E-state index contributed by atoms with van der Waals surface area (Å²) >= 11 is 0. The molecule has 3 heteroatoms. The molecule has 0 fully saturated rings. The van der Waals surface area contributed by atoms with E-state index in [1.165, 1.54) is 44.9 Å². The molecule has 0 saturated carbocycles. The van der Waals surface area contributed by atoms with Crippen molar-refractivity contribution in [1.82, 2.24) is 0 Å². The number of hydrogen-bond donors (Lipinski definition) is 1. The summed E-state index contributed by atoms with van der Waals surface area (Å²) in [5.41, 5.74) is 5.38. The zero-order valence-corrected chi connectivity index (χ0v) is 11.7. The van der Waals surface area contributed by atoms with E-state index in [2.05, 4.69) is 6.92 Å². The molecule has 98 valence electrons. The molecule has 0 rings (SSSR count). The Morgan fingerprint density at radius 1 is 0.812 bits per heavy atom. The molecule has 0 aliphatic heterocycles. The standard InChI is InChI=1S/C13H29NOS/c1-2-3-4-5-6-7-8-9-12-16(15)13-10-11-14/h2-14H2,1H3.